The molecule has 0 unspecified atom stereocenters. The number of hydrogen-bond acceptors (Lipinski definition) is 5. The minimum absolute atomic E-state index is 0.257. The quantitative estimate of drug-likeness (QED) is 0.652. The normalized spacial score (nSPS) is 18.8. The van der Waals surface area contributed by atoms with Gasteiger partial charge in [-0.2, -0.15) is 0 Å². The summed E-state index contributed by atoms with van der Waals surface area (Å²) in [6, 6.07) is 1.34. The van der Waals surface area contributed by atoms with E-state index in [1.165, 1.54) is 18.7 Å². The third-order valence-corrected chi connectivity index (χ3v) is 3.81. The molecule has 1 aliphatic heterocycles. The first-order valence-electron chi connectivity index (χ1n) is 7.46. The highest BCUT2D eigenvalue weighted by atomic mass is 16.5. The average molecular weight is 318 g/mol. The average Bonchev–Trinajstić information content (AvgIpc) is 2.45. The van der Waals surface area contributed by atoms with Gasteiger partial charge in [0.05, 0.1) is 12.7 Å². The second-order valence-electron chi connectivity index (χ2n) is 6.09. The number of phenolic OH excluding ortho intramolecular Hbond substituents is 2. The second kappa shape index (κ2) is 6.36. The molecule has 0 bridgehead atoms. The Labute approximate surface area is 135 Å². The van der Waals surface area contributed by atoms with Crippen molar-refractivity contribution in [2.75, 3.05) is 7.11 Å². The first-order valence-corrected chi connectivity index (χ1v) is 7.46. The monoisotopic (exact) mass is 318 g/mol. The smallest absolute Gasteiger partial charge is 0.345 e. The maximum Gasteiger partial charge on any atom is 0.345 e. The number of benzene rings is 1. The van der Waals surface area contributed by atoms with Crippen molar-refractivity contribution in [3.8, 4) is 17.2 Å². The lowest BCUT2D eigenvalue weighted by atomic mass is 9.93. The van der Waals surface area contributed by atoms with Crippen molar-refractivity contribution in [3.05, 3.63) is 34.9 Å². The summed E-state index contributed by atoms with van der Waals surface area (Å²) in [7, 11) is 1.19. The molecule has 0 aliphatic carbocycles. The Morgan fingerprint density at radius 1 is 1.39 bits per heavy atom. The number of phenols is 2. The molecule has 23 heavy (non-hydrogen) atoms. The zero-order valence-corrected chi connectivity index (χ0v) is 13.8. The van der Waals surface area contributed by atoms with Crippen LogP contribution in [0.2, 0.25) is 0 Å². The van der Waals surface area contributed by atoms with Gasteiger partial charge >= 0.3 is 5.97 Å². The van der Waals surface area contributed by atoms with E-state index in [1.54, 1.807) is 6.08 Å². The maximum atomic E-state index is 11.7. The summed E-state index contributed by atoms with van der Waals surface area (Å²) in [6.45, 7) is 6.02. The van der Waals surface area contributed by atoms with Crippen molar-refractivity contribution >= 4 is 12.0 Å². The molecule has 0 amide bonds. The largest absolute Gasteiger partial charge is 0.507 e. The lowest BCUT2D eigenvalue weighted by molar-refractivity contribution is 0.0593. The van der Waals surface area contributed by atoms with Crippen LogP contribution in [-0.2, 0) is 4.74 Å². The summed E-state index contributed by atoms with van der Waals surface area (Å²) in [5, 5.41) is 20.2. The van der Waals surface area contributed by atoms with Gasteiger partial charge in [0.1, 0.15) is 28.4 Å². The number of ether oxygens (including phenoxy) is 2. The molecule has 0 spiro atoms. The number of carbonyl (C=O) groups is 1. The van der Waals surface area contributed by atoms with Gasteiger partial charge in [0.2, 0.25) is 0 Å². The van der Waals surface area contributed by atoms with Gasteiger partial charge in [-0.25, -0.2) is 4.79 Å². The van der Waals surface area contributed by atoms with E-state index in [4.69, 9.17) is 4.74 Å². The Kier molecular flexibility index (Phi) is 4.68. The minimum Gasteiger partial charge on any atom is -0.507 e. The van der Waals surface area contributed by atoms with Gasteiger partial charge in [-0.15, -0.1) is 0 Å². The van der Waals surface area contributed by atoms with Crippen molar-refractivity contribution in [3.63, 3.8) is 0 Å². The lowest BCUT2D eigenvalue weighted by Crippen LogP contribution is -2.31. The molecule has 0 radical (unpaired) electrons. The lowest BCUT2D eigenvalue weighted by Gasteiger charge is -2.32. The number of methoxy groups -OCH3 is 1. The number of aromatic hydroxyl groups is 2. The first kappa shape index (κ1) is 16.9. The van der Waals surface area contributed by atoms with Crippen molar-refractivity contribution in [2.45, 2.75) is 39.2 Å². The zero-order chi connectivity index (χ0) is 17.2. The van der Waals surface area contributed by atoms with Gasteiger partial charge in [-0.1, -0.05) is 11.6 Å². The van der Waals surface area contributed by atoms with Crippen LogP contribution in [0.15, 0.2) is 23.8 Å². The molecule has 5 nitrogen and oxygen atoms in total. The summed E-state index contributed by atoms with van der Waals surface area (Å²) in [5.74, 6) is -1.16. The predicted molar refractivity (Wildman–Crippen MR) is 87.8 cm³/mol. The summed E-state index contributed by atoms with van der Waals surface area (Å²) in [6.07, 6.45) is 7.31. The van der Waals surface area contributed by atoms with E-state index in [2.05, 4.69) is 10.8 Å². The highest BCUT2D eigenvalue weighted by Crippen LogP contribution is 2.43. The van der Waals surface area contributed by atoms with Crippen LogP contribution in [0.5, 0.6) is 17.2 Å². The van der Waals surface area contributed by atoms with E-state index in [-0.39, 0.29) is 17.1 Å². The number of carbonyl (C=O) groups excluding carboxylic acids is 1. The highest BCUT2D eigenvalue weighted by Gasteiger charge is 2.31. The fourth-order valence-electron chi connectivity index (χ4n) is 2.52. The van der Waals surface area contributed by atoms with Gasteiger partial charge in [0.15, 0.2) is 0 Å². The maximum absolute atomic E-state index is 11.7. The third-order valence-electron chi connectivity index (χ3n) is 3.81. The fourth-order valence-corrected chi connectivity index (χ4v) is 2.52. The zero-order valence-electron chi connectivity index (χ0n) is 13.8. The number of esters is 1. The van der Waals surface area contributed by atoms with Gasteiger partial charge in [-0.3, -0.25) is 0 Å². The molecule has 5 heteroatoms. The van der Waals surface area contributed by atoms with Crippen LogP contribution >= 0.6 is 0 Å². The Bertz CT molecular complexity index is 683. The van der Waals surface area contributed by atoms with Gasteiger partial charge in [-0.05, 0) is 45.8 Å². The Hall–Kier alpha value is -2.43. The van der Waals surface area contributed by atoms with Gasteiger partial charge in [0, 0.05) is 6.07 Å². The number of fused-ring (bicyclic) bond motifs is 1. The molecule has 1 heterocycles. The van der Waals surface area contributed by atoms with Crippen LogP contribution in [0, 0.1) is 0 Å². The van der Waals surface area contributed by atoms with Gasteiger partial charge < -0.3 is 19.7 Å². The molecule has 0 fully saturated rings. The van der Waals surface area contributed by atoms with Gasteiger partial charge in [0.25, 0.3) is 0 Å². The van der Waals surface area contributed by atoms with Crippen LogP contribution in [0.4, 0.5) is 0 Å². The third kappa shape index (κ3) is 3.50. The summed E-state index contributed by atoms with van der Waals surface area (Å²) in [5.41, 5.74) is 0.812. The van der Waals surface area contributed by atoms with Crippen LogP contribution in [0.1, 0.15) is 49.5 Å². The van der Waals surface area contributed by atoms with E-state index in [0.29, 0.717) is 11.3 Å². The van der Waals surface area contributed by atoms with E-state index in [1.807, 2.05) is 26.8 Å². The first-order chi connectivity index (χ1) is 10.8. The standard InChI is InChI=1S/C18H22O5/c1-11(2)6-5-8-18(3)9-7-12-14(23-18)10-13(19)15(16(12)20)17(21)22-4/h6-7,9-10,19-20H,5,8H2,1-4H3/t18-/m1/s1. The molecule has 0 saturated heterocycles. The molecule has 124 valence electrons. The topological polar surface area (TPSA) is 76.0 Å². The van der Waals surface area contributed by atoms with Crippen molar-refractivity contribution in [1.82, 2.24) is 0 Å². The molecular weight excluding hydrogens is 296 g/mol. The van der Waals surface area contributed by atoms with E-state index < -0.39 is 11.6 Å². The molecule has 1 aromatic carbocycles. The Morgan fingerprint density at radius 2 is 2.09 bits per heavy atom. The van der Waals surface area contributed by atoms with E-state index >= 15 is 0 Å². The van der Waals surface area contributed by atoms with Crippen LogP contribution in [0.25, 0.3) is 6.08 Å². The molecule has 0 saturated carbocycles. The number of rotatable bonds is 4. The van der Waals surface area contributed by atoms with Crippen molar-refractivity contribution in [2.24, 2.45) is 0 Å². The van der Waals surface area contributed by atoms with E-state index in [0.717, 1.165) is 12.8 Å². The summed E-state index contributed by atoms with van der Waals surface area (Å²) >= 11 is 0. The second-order valence-corrected chi connectivity index (χ2v) is 6.09. The number of allylic oxidation sites excluding steroid dienone is 2. The van der Waals surface area contributed by atoms with Crippen LogP contribution in [0.3, 0.4) is 0 Å². The Balaban J connectivity index is 2.34. The molecule has 1 atom stereocenters. The van der Waals surface area contributed by atoms with Crippen LogP contribution < -0.4 is 4.74 Å². The van der Waals surface area contributed by atoms with E-state index in [9.17, 15) is 15.0 Å². The van der Waals surface area contributed by atoms with Crippen LogP contribution in [-0.4, -0.2) is 28.9 Å². The molecule has 2 N–H and O–H groups in total. The SMILES string of the molecule is COC(=O)c1c(O)cc2c(c1O)C=C[C@@](C)(CCC=C(C)C)O2. The Morgan fingerprint density at radius 3 is 2.70 bits per heavy atom. The predicted octanol–water partition coefficient (Wildman–Crippen LogP) is 3.80. The molecule has 0 aromatic heterocycles. The molecular formula is C18H22O5. The minimum atomic E-state index is -0.798. The number of hydrogen-bond donors (Lipinski definition) is 2. The molecule has 1 aromatic rings. The summed E-state index contributed by atoms with van der Waals surface area (Å²) < 4.78 is 10.5. The van der Waals surface area contributed by atoms with Crippen molar-refractivity contribution in [1.29, 1.82) is 0 Å². The summed E-state index contributed by atoms with van der Waals surface area (Å²) in [4.78, 5) is 11.7. The molecule has 2 rings (SSSR count). The highest BCUT2D eigenvalue weighted by molar-refractivity contribution is 5.97. The fraction of sp³-hybridized carbons (Fsp3) is 0.389. The van der Waals surface area contributed by atoms with Crippen molar-refractivity contribution < 1.29 is 24.5 Å². The molecule has 1 aliphatic rings.